The summed E-state index contributed by atoms with van der Waals surface area (Å²) in [5, 5.41) is 10.7. The Balaban J connectivity index is 1.65. The van der Waals surface area contributed by atoms with Crippen molar-refractivity contribution >= 4 is 34.0 Å². The van der Waals surface area contributed by atoms with Crippen LogP contribution in [0.25, 0.3) is 10.6 Å². The van der Waals surface area contributed by atoms with E-state index in [0.717, 1.165) is 16.1 Å². The second-order valence-electron chi connectivity index (χ2n) is 6.04. The predicted octanol–water partition coefficient (Wildman–Crippen LogP) is 3.47. The maximum Gasteiger partial charge on any atom is 0.315 e. The second-order valence-corrected chi connectivity index (χ2v) is 7.07. The van der Waals surface area contributed by atoms with E-state index < -0.39 is 11.8 Å². The van der Waals surface area contributed by atoms with Crippen LogP contribution in [0.5, 0.6) is 0 Å². The monoisotopic (exact) mass is 369 g/mol. The number of hydrogen-bond acceptors (Lipinski definition) is 5. The topological polar surface area (TPSA) is 88.9 Å². The van der Waals surface area contributed by atoms with E-state index in [-0.39, 0.29) is 6.04 Å². The molecule has 0 saturated carbocycles. The van der Waals surface area contributed by atoms with Crippen LogP contribution in [-0.4, -0.2) is 26.6 Å². The SMILES string of the molecule is Cc1cn(C(C)C)nc1NC(=O)C(=O)Nc1cnc(-c2ccccc2)s1. The lowest BCUT2D eigenvalue weighted by atomic mass is 10.2. The van der Waals surface area contributed by atoms with Crippen LogP contribution < -0.4 is 10.6 Å². The number of carbonyl (C=O) groups is 2. The zero-order valence-corrected chi connectivity index (χ0v) is 15.5. The minimum Gasteiger partial charge on any atom is -0.308 e. The van der Waals surface area contributed by atoms with Gasteiger partial charge in [-0.3, -0.25) is 14.3 Å². The first-order valence-corrected chi connectivity index (χ1v) is 8.95. The molecule has 2 N–H and O–H groups in total. The molecule has 0 bridgehead atoms. The van der Waals surface area contributed by atoms with Crippen molar-refractivity contribution in [1.29, 1.82) is 0 Å². The maximum atomic E-state index is 12.1. The summed E-state index contributed by atoms with van der Waals surface area (Å²) in [6.45, 7) is 5.80. The average molecular weight is 369 g/mol. The van der Waals surface area contributed by atoms with Gasteiger partial charge in [0.1, 0.15) is 10.0 Å². The van der Waals surface area contributed by atoms with E-state index in [1.165, 1.54) is 17.5 Å². The van der Waals surface area contributed by atoms with Crippen molar-refractivity contribution in [1.82, 2.24) is 14.8 Å². The van der Waals surface area contributed by atoms with Crippen LogP contribution in [0.1, 0.15) is 25.5 Å². The Hall–Kier alpha value is -3.00. The summed E-state index contributed by atoms with van der Waals surface area (Å²) in [4.78, 5) is 28.5. The quantitative estimate of drug-likeness (QED) is 0.689. The molecule has 2 heterocycles. The molecule has 1 aromatic carbocycles. The highest BCUT2D eigenvalue weighted by molar-refractivity contribution is 7.19. The Morgan fingerprint density at radius 2 is 1.81 bits per heavy atom. The number of aryl methyl sites for hydroxylation is 1. The number of benzene rings is 1. The molecule has 0 aliphatic heterocycles. The van der Waals surface area contributed by atoms with Crippen molar-refractivity contribution in [2.45, 2.75) is 26.8 Å². The molecule has 0 aliphatic rings. The summed E-state index contributed by atoms with van der Waals surface area (Å²) >= 11 is 1.31. The largest absolute Gasteiger partial charge is 0.315 e. The molecule has 3 aromatic rings. The second kappa shape index (κ2) is 7.49. The summed E-state index contributed by atoms with van der Waals surface area (Å²) in [7, 11) is 0. The van der Waals surface area contributed by atoms with E-state index >= 15 is 0 Å². The van der Waals surface area contributed by atoms with E-state index in [4.69, 9.17) is 0 Å². The van der Waals surface area contributed by atoms with Gasteiger partial charge in [0.25, 0.3) is 0 Å². The molecular weight excluding hydrogens is 350 g/mol. The number of aromatic nitrogens is 3. The van der Waals surface area contributed by atoms with E-state index in [1.54, 1.807) is 4.68 Å². The highest BCUT2D eigenvalue weighted by Crippen LogP contribution is 2.28. The van der Waals surface area contributed by atoms with E-state index in [1.807, 2.05) is 57.3 Å². The van der Waals surface area contributed by atoms with Gasteiger partial charge < -0.3 is 10.6 Å². The molecule has 3 rings (SSSR count). The minimum atomic E-state index is -0.767. The first-order valence-electron chi connectivity index (χ1n) is 8.13. The van der Waals surface area contributed by atoms with Gasteiger partial charge in [-0.1, -0.05) is 41.7 Å². The Morgan fingerprint density at radius 1 is 1.12 bits per heavy atom. The van der Waals surface area contributed by atoms with E-state index in [9.17, 15) is 9.59 Å². The molecule has 2 aromatic heterocycles. The van der Waals surface area contributed by atoms with Crippen LogP contribution in [0.2, 0.25) is 0 Å². The summed E-state index contributed by atoms with van der Waals surface area (Å²) in [5.74, 6) is -1.14. The number of hydrogen-bond donors (Lipinski definition) is 2. The van der Waals surface area contributed by atoms with Crippen LogP contribution in [-0.2, 0) is 9.59 Å². The summed E-state index contributed by atoms with van der Waals surface area (Å²) in [6.07, 6.45) is 3.37. The summed E-state index contributed by atoms with van der Waals surface area (Å²) in [5.41, 5.74) is 1.75. The van der Waals surface area contributed by atoms with Crippen molar-refractivity contribution in [3.8, 4) is 10.6 Å². The first-order chi connectivity index (χ1) is 12.4. The smallest absolute Gasteiger partial charge is 0.308 e. The molecule has 7 nitrogen and oxygen atoms in total. The lowest BCUT2D eigenvalue weighted by molar-refractivity contribution is -0.133. The van der Waals surface area contributed by atoms with Gasteiger partial charge in [-0.25, -0.2) is 4.98 Å². The fourth-order valence-electron chi connectivity index (χ4n) is 2.25. The Labute approximate surface area is 155 Å². The molecule has 8 heteroatoms. The summed E-state index contributed by atoms with van der Waals surface area (Å²) < 4.78 is 1.73. The molecule has 26 heavy (non-hydrogen) atoms. The number of nitrogens with zero attached hydrogens (tertiary/aromatic N) is 3. The first kappa shape index (κ1) is 17.8. The number of thiazole rings is 1. The molecule has 0 saturated heterocycles. The lowest BCUT2D eigenvalue weighted by Gasteiger charge is -2.04. The van der Waals surface area contributed by atoms with Crippen LogP contribution >= 0.6 is 11.3 Å². The van der Waals surface area contributed by atoms with Crippen LogP contribution in [0, 0.1) is 6.92 Å². The van der Waals surface area contributed by atoms with Crippen molar-refractivity contribution in [2.24, 2.45) is 0 Å². The van der Waals surface area contributed by atoms with Crippen LogP contribution in [0.15, 0.2) is 42.7 Å². The molecule has 2 amide bonds. The third-order valence-corrected chi connectivity index (χ3v) is 4.61. The fourth-order valence-corrected chi connectivity index (χ4v) is 3.07. The van der Waals surface area contributed by atoms with Gasteiger partial charge in [0, 0.05) is 23.4 Å². The third-order valence-electron chi connectivity index (χ3n) is 3.65. The number of nitrogens with one attached hydrogen (secondary N) is 2. The Kier molecular flexibility index (Phi) is 5.13. The van der Waals surface area contributed by atoms with Gasteiger partial charge in [0.2, 0.25) is 0 Å². The molecule has 0 unspecified atom stereocenters. The molecule has 0 fully saturated rings. The molecular formula is C18H19N5O2S. The van der Waals surface area contributed by atoms with Crippen LogP contribution in [0.3, 0.4) is 0 Å². The van der Waals surface area contributed by atoms with Crippen molar-refractivity contribution in [3.05, 3.63) is 48.3 Å². The minimum absolute atomic E-state index is 0.168. The summed E-state index contributed by atoms with van der Waals surface area (Å²) in [6, 6.07) is 9.80. The number of amides is 2. The van der Waals surface area contributed by atoms with Gasteiger partial charge >= 0.3 is 11.8 Å². The standard InChI is InChI=1S/C18H19N5O2S/c1-11(2)23-10-12(3)15(22-23)21-17(25)16(24)20-14-9-19-18(26-14)13-7-5-4-6-8-13/h4-11H,1-3H3,(H,20,24)(H,21,22,25). The molecule has 0 spiro atoms. The van der Waals surface area contributed by atoms with Gasteiger partial charge in [-0.15, -0.1) is 0 Å². The molecule has 134 valence electrons. The molecule has 0 aliphatic carbocycles. The maximum absolute atomic E-state index is 12.1. The predicted molar refractivity (Wildman–Crippen MR) is 102 cm³/mol. The number of rotatable bonds is 4. The highest BCUT2D eigenvalue weighted by atomic mass is 32.1. The van der Waals surface area contributed by atoms with Gasteiger partial charge in [-0.2, -0.15) is 5.10 Å². The Morgan fingerprint density at radius 3 is 2.46 bits per heavy atom. The third kappa shape index (κ3) is 3.97. The average Bonchev–Trinajstić information content (AvgIpc) is 3.23. The lowest BCUT2D eigenvalue weighted by Crippen LogP contribution is -2.29. The zero-order chi connectivity index (χ0) is 18.7. The molecule has 0 atom stereocenters. The normalized spacial score (nSPS) is 10.8. The van der Waals surface area contributed by atoms with Gasteiger partial charge in [0.05, 0.1) is 6.20 Å². The van der Waals surface area contributed by atoms with E-state index in [2.05, 4.69) is 20.7 Å². The Bertz CT molecular complexity index is 930. The number of carbonyl (C=O) groups excluding carboxylic acids is 2. The van der Waals surface area contributed by atoms with Crippen molar-refractivity contribution in [2.75, 3.05) is 10.6 Å². The number of anilines is 2. The van der Waals surface area contributed by atoms with Crippen LogP contribution in [0.4, 0.5) is 10.8 Å². The van der Waals surface area contributed by atoms with Gasteiger partial charge in [0.15, 0.2) is 5.82 Å². The van der Waals surface area contributed by atoms with Crippen molar-refractivity contribution < 1.29 is 9.59 Å². The zero-order valence-electron chi connectivity index (χ0n) is 14.7. The van der Waals surface area contributed by atoms with Gasteiger partial charge in [-0.05, 0) is 20.8 Å². The van der Waals surface area contributed by atoms with Crippen molar-refractivity contribution in [3.63, 3.8) is 0 Å². The highest BCUT2D eigenvalue weighted by Gasteiger charge is 2.18. The fraction of sp³-hybridized carbons (Fsp3) is 0.222. The molecule has 0 radical (unpaired) electrons. The van der Waals surface area contributed by atoms with E-state index in [0.29, 0.717) is 10.8 Å².